The summed E-state index contributed by atoms with van der Waals surface area (Å²) < 4.78 is 0. The maximum atomic E-state index is 5.82. The lowest BCUT2D eigenvalue weighted by Crippen LogP contribution is -2.21. The van der Waals surface area contributed by atoms with Crippen molar-refractivity contribution in [1.82, 2.24) is 4.98 Å². The molecule has 4 N–H and O–H groups in total. The molecule has 4 nitrogen and oxygen atoms in total. The molecule has 5 heteroatoms. The van der Waals surface area contributed by atoms with Gasteiger partial charge in [0.25, 0.3) is 0 Å². The lowest BCUT2D eigenvalue weighted by Gasteiger charge is -2.16. The predicted octanol–water partition coefficient (Wildman–Crippen LogP) is 0.948. The van der Waals surface area contributed by atoms with E-state index in [2.05, 4.69) is 23.7 Å². The first-order valence-corrected chi connectivity index (χ1v) is 5.70. The van der Waals surface area contributed by atoms with Gasteiger partial charge in [0.1, 0.15) is 0 Å². The molecule has 1 rings (SSSR count). The number of hydrogen-bond donors (Lipinski definition) is 2. The maximum absolute atomic E-state index is 5.82. The molecule has 0 fully saturated rings. The number of hydrogen-bond acceptors (Lipinski definition) is 5. The third kappa shape index (κ3) is 2.43. The smallest absolute Gasteiger partial charge is 0.185 e. The lowest BCUT2D eigenvalue weighted by atomic mass is 10.3. The summed E-state index contributed by atoms with van der Waals surface area (Å²) in [7, 11) is 0. The Balaban J connectivity index is 2.76. The van der Waals surface area contributed by atoms with Gasteiger partial charge in [0.15, 0.2) is 5.13 Å². The Labute approximate surface area is 88.9 Å². The van der Waals surface area contributed by atoms with Gasteiger partial charge in [-0.2, -0.15) is 0 Å². The Bertz CT molecular complexity index is 270. The molecule has 0 radical (unpaired) electrons. The summed E-state index contributed by atoms with van der Waals surface area (Å²) in [5, 5.41) is 1.04. The van der Waals surface area contributed by atoms with Gasteiger partial charge in [-0.25, -0.2) is 4.98 Å². The zero-order chi connectivity index (χ0) is 10.6. The van der Waals surface area contributed by atoms with Crippen molar-refractivity contribution in [2.75, 3.05) is 24.5 Å². The molecular formula is C9H18N4S. The molecule has 1 aromatic rings. The van der Waals surface area contributed by atoms with Gasteiger partial charge in [-0.1, -0.05) is 0 Å². The van der Waals surface area contributed by atoms with Gasteiger partial charge in [0, 0.05) is 30.7 Å². The Morgan fingerprint density at radius 3 is 2.64 bits per heavy atom. The predicted molar refractivity (Wildman–Crippen MR) is 61.7 cm³/mol. The molecule has 14 heavy (non-hydrogen) atoms. The second-order valence-corrected chi connectivity index (χ2v) is 4.10. The van der Waals surface area contributed by atoms with E-state index in [1.807, 2.05) is 6.20 Å². The summed E-state index contributed by atoms with van der Waals surface area (Å²) in [6.45, 7) is 6.66. The highest BCUT2D eigenvalue weighted by molar-refractivity contribution is 7.15. The minimum Gasteiger partial charge on any atom is -0.349 e. The highest BCUT2D eigenvalue weighted by Crippen LogP contribution is 2.25. The van der Waals surface area contributed by atoms with E-state index in [0.717, 1.165) is 23.1 Å². The molecule has 0 spiro atoms. The third-order valence-electron chi connectivity index (χ3n) is 2.16. The van der Waals surface area contributed by atoms with Gasteiger partial charge < -0.3 is 16.4 Å². The van der Waals surface area contributed by atoms with E-state index in [0.29, 0.717) is 6.54 Å². The van der Waals surface area contributed by atoms with Crippen molar-refractivity contribution in [3.63, 3.8) is 0 Å². The van der Waals surface area contributed by atoms with Gasteiger partial charge in [0.05, 0.1) is 6.04 Å². The van der Waals surface area contributed by atoms with Crippen LogP contribution in [0.2, 0.25) is 0 Å². The SMILES string of the molecule is CCN(CC)c1ncc(C(N)CN)s1. The number of aromatic nitrogens is 1. The second-order valence-electron chi connectivity index (χ2n) is 3.06. The van der Waals surface area contributed by atoms with Crippen LogP contribution in [-0.4, -0.2) is 24.6 Å². The van der Waals surface area contributed by atoms with Crippen LogP contribution in [0, 0.1) is 0 Å². The van der Waals surface area contributed by atoms with Crippen LogP contribution in [0.5, 0.6) is 0 Å². The molecular weight excluding hydrogens is 196 g/mol. The summed E-state index contributed by atoms with van der Waals surface area (Å²) in [6, 6.07) is -0.0724. The Hall–Kier alpha value is -0.650. The highest BCUT2D eigenvalue weighted by atomic mass is 32.1. The molecule has 1 heterocycles. The summed E-state index contributed by atoms with van der Waals surface area (Å²) in [6.07, 6.45) is 1.83. The first kappa shape index (κ1) is 11.4. The van der Waals surface area contributed by atoms with Crippen molar-refractivity contribution in [2.45, 2.75) is 19.9 Å². The van der Waals surface area contributed by atoms with E-state index in [1.165, 1.54) is 0 Å². The van der Waals surface area contributed by atoms with Crippen LogP contribution < -0.4 is 16.4 Å². The maximum Gasteiger partial charge on any atom is 0.185 e. The molecule has 0 aliphatic heterocycles. The number of thiazole rings is 1. The standard InChI is InChI=1S/C9H18N4S/c1-3-13(4-2)9-12-6-8(14-9)7(11)5-10/h6-7H,3-5,10-11H2,1-2H3. The molecule has 1 aromatic heterocycles. The lowest BCUT2D eigenvalue weighted by molar-refractivity contribution is 0.749. The number of anilines is 1. The van der Waals surface area contributed by atoms with Crippen molar-refractivity contribution in [3.8, 4) is 0 Å². The van der Waals surface area contributed by atoms with Crippen LogP contribution >= 0.6 is 11.3 Å². The van der Waals surface area contributed by atoms with Crippen LogP contribution in [0.1, 0.15) is 24.8 Å². The fourth-order valence-corrected chi connectivity index (χ4v) is 2.26. The van der Waals surface area contributed by atoms with Gasteiger partial charge in [-0.15, -0.1) is 11.3 Å². The first-order chi connectivity index (χ1) is 6.72. The van der Waals surface area contributed by atoms with Crippen LogP contribution in [0.25, 0.3) is 0 Å². The molecule has 80 valence electrons. The fraction of sp³-hybridized carbons (Fsp3) is 0.667. The molecule has 0 amide bonds. The van der Waals surface area contributed by atoms with Crippen LogP contribution in [0.3, 0.4) is 0 Å². The van der Waals surface area contributed by atoms with Crippen molar-refractivity contribution >= 4 is 16.5 Å². The molecule has 1 unspecified atom stereocenters. The number of nitrogens with two attached hydrogens (primary N) is 2. The summed E-state index contributed by atoms with van der Waals surface area (Å²) in [4.78, 5) is 7.61. The normalized spacial score (nSPS) is 12.9. The van der Waals surface area contributed by atoms with Crippen molar-refractivity contribution in [2.24, 2.45) is 11.5 Å². The van der Waals surface area contributed by atoms with Crippen LogP contribution in [0.15, 0.2) is 6.20 Å². The average molecular weight is 214 g/mol. The average Bonchev–Trinajstić information content (AvgIpc) is 2.68. The Morgan fingerprint density at radius 1 is 1.50 bits per heavy atom. The minimum absolute atomic E-state index is 0.0724. The van der Waals surface area contributed by atoms with Gasteiger partial charge in [-0.05, 0) is 13.8 Å². The largest absolute Gasteiger partial charge is 0.349 e. The van der Waals surface area contributed by atoms with Crippen molar-refractivity contribution in [1.29, 1.82) is 0 Å². The topological polar surface area (TPSA) is 68.2 Å². The van der Waals surface area contributed by atoms with E-state index in [-0.39, 0.29) is 6.04 Å². The fourth-order valence-electron chi connectivity index (χ4n) is 1.20. The van der Waals surface area contributed by atoms with E-state index >= 15 is 0 Å². The van der Waals surface area contributed by atoms with Crippen molar-refractivity contribution in [3.05, 3.63) is 11.1 Å². The Morgan fingerprint density at radius 2 is 2.14 bits per heavy atom. The summed E-state index contributed by atoms with van der Waals surface area (Å²) >= 11 is 1.63. The molecule has 0 aromatic carbocycles. The minimum atomic E-state index is -0.0724. The van der Waals surface area contributed by atoms with Crippen LogP contribution in [-0.2, 0) is 0 Å². The van der Waals surface area contributed by atoms with Crippen molar-refractivity contribution < 1.29 is 0 Å². The van der Waals surface area contributed by atoms with E-state index in [9.17, 15) is 0 Å². The molecule has 0 bridgehead atoms. The third-order valence-corrected chi connectivity index (χ3v) is 3.35. The monoisotopic (exact) mass is 214 g/mol. The zero-order valence-corrected chi connectivity index (χ0v) is 9.55. The van der Waals surface area contributed by atoms with Gasteiger partial charge >= 0.3 is 0 Å². The molecule has 1 atom stereocenters. The highest BCUT2D eigenvalue weighted by Gasteiger charge is 2.11. The van der Waals surface area contributed by atoms with Crippen LogP contribution in [0.4, 0.5) is 5.13 Å². The van der Waals surface area contributed by atoms with E-state index in [1.54, 1.807) is 11.3 Å². The number of nitrogens with zero attached hydrogens (tertiary/aromatic N) is 2. The number of rotatable bonds is 5. The van der Waals surface area contributed by atoms with E-state index < -0.39 is 0 Å². The molecule has 0 aliphatic carbocycles. The zero-order valence-electron chi connectivity index (χ0n) is 8.73. The molecule has 0 saturated carbocycles. The molecule has 0 aliphatic rings. The van der Waals surface area contributed by atoms with Gasteiger partial charge in [0.2, 0.25) is 0 Å². The molecule has 0 saturated heterocycles. The van der Waals surface area contributed by atoms with E-state index in [4.69, 9.17) is 11.5 Å². The quantitative estimate of drug-likeness (QED) is 0.765. The summed E-state index contributed by atoms with van der Waals surface area (Å²) in [5.74, 6) is 0. The summed E-state index contributed by atoms with van der Waals surface area (Å²) in [5.41, 5.74) is 11.3. The second kappa shape index (κ2) is 5.29. The Kier molecular flexibility index (Phi) is 4.31. The first-order valence-electron chi connectivity index (χ1n) is 4.89. The van der Waals surface area contributed by atoms with Gasteiger partial charge in [-0.3, -0.25) is 0 Å².